The maximum absolute atomic E-state index is 11.7. The second-order valence-electron chi connectivity index (χ2n) is 4.69. The van der Waals surface area contributed by atoms with Crippen molar-refractivity contribution >= 4 is 16.9 Å². The van der Waals surface area contributed by atoms with E-state index in [0.717, 1.165) is 42.4 Å². The molecule has 102 valence electrons. The van der Waals surface area contributed by atoms with Crippen LogP contribution in [-0.2, 0) is 11.2 Å². The van der Waals surface area contributed by atoms with E-state index in [1.807, 2.05) is 18.2 Å². The van der Waals surface area contributed by atoms with Crippen LogP contribution >= 0.6 is 0 Å². The molecule has 3 N–H and O–H groups in total. The Morgan fingerprint density at radius 2 is 2.00 bits per heavy atom. The number of benzene rings is 1. The van der Waals surface area contributed by atoms with Crippen molar-refractivity contribution in [2.45, 2.75) is 32.6 Å². The molecule has 0 bridgehead atoms. The van der Waals surface area contributed by atoms with E-state index in [9.17, 15) is 9.59 Å². The molecule has 0 aliphatic carbocycles. The summed E-state index contributed by atoms with van der Waals surface area (Å²) in [6, 6.07) is 5.50. The zero-order valence-corrected chi connectivity index (χ0v) is 11.1. The van der Waals surface area contributed by atoms with Crippen LogP contribution in [0.15, 0.2) is 23.0 Å². The number of hydrogen-bond acceptors (Lipinski definition) is 2. The van der Waals surface area contributed by atoms with Crippen LogP contribution in [-0.4, -0.2) is 22.4 Å². The van der Waals surface area contributed by atoms with Crippen LogP contribution in [0.4, 0.5) is 0 Å². The molecule has 19 heavy (non-hydrogen) atoms. The van der Waals surface area contributed by atoms with E-state index in [2.05, 4.69) is 22.2 Å². The topological polar surface area (TPSA) is 77.8 Å². The first-order valence-electron chi connectivity index (χ1n) is 6.66. The van der Waals surface area contributed by atoms with Crippen LogP contribution in [0.25, 0.3) is 11.0 Å². The fraction of sp³-hybridized carbons (Fsp3) is 0.429. The summed E-state index contributed by atoms with van der Waals surface area (Å²) in [5.41, 5.74) is 2.17. The summed E-state index contributed by atoms with van der Waals surface area (Å²) in [7, 11) is 0. The average molecular weight is 261 g/mol. The Morgan fingerprint density at radius 3 is 2.79 bits per heavy atom. The number of nitrogens with one attached hydrogen (secondary N) is 3. The number of fused-ring (bicyclic) bond motifs is 1. The van der Waals surface area contributed by atoms with Crippen LogP contribution in [0.5, 0.6) is 0 Å². The van der Waals surface area contributed by atoms with E-state index in [0.29, 0.717) is 6.42 Å². The van der Waals surface area contributed by atoms with Crippen molar-refractivity contribution in [1.29, 1.82) is 0 Å². The first-order valence-corrected chi connectivity index (χ1v) is 6.66. The Balaban J connectivity index is 1.93. The van der Waals surface area contributed by atoms with Crippen LogP contribution in [0.3, 0.4) is 0 Å². The van der Waals surface area contributed by atoms with E-state index >= 15 is 0 Å². The minimum Gasteiger partial charge on any atom is -0.356 e. The number of carbonyl (C=O) groups excluding carboxylic acids is 1. The molecule has 2 aromatic rings. The highest BCUT2D eigenvalue weighted by molar-refractivity contribution is 5.81. The molecular formula is C14H19N3O2. The highest BCUT2D eigenvalue weighted by atomic mass is 16.1. The molecule has 0 spiro atoms. The molecule has 1 aromatic heterocycles. The summed E-state index contributed by atoms with van der Waals surface area (Å²) < 4.78 is 0. The van der Waals surface area contributed by atoms with Gasteiger partial charge < -0.3 is 15.3 Å². The monoisotopic (exact) mass is 261 g/mol. The zero-order chi connectivity index (χ0) is 13.7. The Kier molecular flexibility index (Phi) is 4.39. The molecule has 0 saturated heterocycles. The predicted octanol–water partition coefficient (Wildman–Crippen LogP) is 1.71. The summed E-state index contributed by atoms with van der Waals surface area (Å²) in [6.45, 7) is 2.87. The molecule has 0 aliphatic rings. The van der Waals surface area contributed by atoms with Crippen molar-refractivity contribution < 1.29 is 4.79 Å². The van der Waals surface area contributed by atoms with Gasteiger partial charge in [0.2, 0.25) is 5.91 Å². The van der Waals surface area contributed by atoms with Gasteiger partial charge in [-0.1, -0.05) is 25.8 Å². The Morgan fingerprint density at radius 1 is 1.21 bits per heavy atom. The van der Waals surface area contributed by atoms with Crippen LogP contribution in [0, 0.1) is 0 Å². The van der Waals surface area contributed by atoms with E-state index in [1.54, 1.807) is 0 Å². The van der Waals surface area contributed by atoms with Crippen molar-refractivity contribution in [3.8, 4) is 0 Å². The lowest BCUT2D eigenvalue weighted by molar-refractivity contribution is -0.120. The number of aromatic nitrogens is 2. The molecular weight excluding hydrogens is 242 g/mol. The molecule has 1 amide bonds. The number of imidazole rings is 1. The largest absolute Gasteiger partial charge is 0.356 e. The van der Waals surface area contributed by atoms with Gasteiger partial charge in [-0.15, -0.1) is 0 Å². The summed E-state index contributed by atoms with van der Waals surface area (Å²) >= 11 is 0. The molecule has 5 heteroatoms. The second-order valence-corrected chi connectivity index (χ2v) is 4.69. The molecule has 0 unspecified atom stereocenters. The van der Waals surface area contributed by atoms with E-state index in [-0.39, 0.29) is 11.6 Å². The fourth-order valence-corrected chi connectivity index (χ4v) is 2.04. The van der Waals surface area contributed by atoms with Crippen molar-refractivity contribution in [3.63, 3.8) is 0 Å². The Labute approximate surface area is 111 Å². The van der Waals surface area contributed by atoms with Crippen molar-refractivity contribution in [3.05, 3.63) is 34.2 Å². The highest BCUT2D eigenvalue weighted by Crippen LogP contribution is 2.10. The fourth-order valence-electron chi connectivity index (χ4n) is 2.04. The van der Waals surface area contributed by atoms with Crippen LogP contribution in [0.1, 0.15) is 31.7 Å². The van der Waals surface area contributed by atoms with Crippen LogP contribution < -0.4 is 11.0 Å². The quantitative estimate of drug-likeness (QED) is 0.692. The first-order chi connectivity index (χ1) is 9.19. The predicted molar refractivity (Wildman–Crippen MR) is 75.2 cm³/mol. The number of aromatic amines is 2. The molecule has 0 saturated carbocycles. The van der Waals surface area contributed by atoms with Crippen LogP contribution in [0.2, 0.25) is 0 Å². The van der Waals surface area contributed by atoms with Gasteiger partial charge in [-0.3, -0.25) is 4.79 Å². The van der Waals surface area contributed by atoms with E-state index in [4.69, 9.17) is 0 Å². The molecule has 2 rings (SSSR count). The highest BCUT2D eigenvalue weighted by Gasteiger charge is 2.05. The Bertz CT molecular complexity index is 612. The zero-order valence-electron chi connectivity index (χ0n) is 11.1. The number of unbranched alkanes of at least 4 members (excludes halogenated alkanes) is 2. The standard InChI is InChI=1S/C14H19N3O2/c1-2-3-4-7-15-13(18)9-10-5-6-11-12(8-10)17-14(19)16-11/h5-6,8H,2-4,7,9H2,1H3,(H,15,18)(H2,16,17,19). The number of amides is 1. The van der Waals surface area contributed by atoms with Gasteiger partial charge in [0.1, 0.15) is 0 Å². The molecule has 0 radical (unpaired) electrons. The molecule has 1 aromatic carbocycles. The molecule has 0 aliphatic heterocycles. The van der Waals surface area contributed by atoms with Crippen molar-refractivity contribution in [2.24, 2.45) is 0 Å². The summed E-state index contributed by atoms with van der Waals surface area (Å²) in [5.74, 6) is 0.0216. The van der Waals surface area contributed by atoms with Gasteiger partial charge in [-0.2, -0.15) is 0 Å². The normalized spacial score (nSPS) is 10.8. The number of hydrogen-bond donors (Lipinski definition) is 3. The maximum atomic E-state index is 11.7. The average Bonchev–Trinajstić information content (AvgIpc) is 2.74. The lowest BCUT2D eigenvalue weighted by atomic mass is 10.1. The van der Waals surface area contributed by atoms with Gasteiger partial charge in [0, 0.05) is 6.54 Å². The van der Waals surface area contributed by atoms with E-state index < -0.39 is 0 Å². The third-order valence-corrected chi connectivity index (χ3v) is 3.05. The number of H-pyrrole nitrogens is 2. The molecule has 5 nitrogen and oxygen atoms in total. The van der Waals surface area contributed by atoms with Gasteiger partial charge in [-0.05, 0) is 24.1 Å². The summed E-state index contributed by atoms with van der Waals surface area (Å²) in [6.07, 6.45) is 3.64. The lowest BCUT2D eigenvalue weighted by Gasteiger charge is -2.04. The molecule has 0 atom stereocenters. The lowest BCUT2D eigenvalue weighted by Crippen LogP contribution is -2.26. The molecule has 1 heterocycles. The van der Waals surface area contributed by atoms with Crippen molar-refractivity contribution in [2.75, 3.05) is 6.54 Å². The third-order valence-electron chi connectivity index (χ3n) is 3.05. The van der Waals surface area contributed by atoms with E-state index in [1.165, 1.54) is 0 Å². The molecule has 0 fully saturated rings. The number of carbonyl (C=O) groups is 1. The SMILES string of the molecule is CCCCCNC(=O)Cc1ccc2[nH]c(=O)[nH]c2c1. The van der Waals surface area contributed by atoms with Gasteiger partial charge in [0.25, 0.3) is 0 Å². The van der Waals surface area contributed by atoms with Gasteiger partial charge in [0.15, 0.2) is 0 Å². The van der Waals surface area contributed by atoms with Gasteiger partial charge in [0.05, 0.1) is 17.5 Å². The van der Waals surface area contributed by atoms with Gasteiger partial charge >= 0.3 is 5.69 Å². The van der Waals surface area contributed by atoms with Gasteiger partial charge in [-0.25, -0.2) is 4.79 Å². The maximum Gasteiger partial charge on any atom is 0.323 e. The Hall–Kier alpha value is -2.04. The summed E-state index contributed by atoms with van der Waals surface area (Å²) in [4.78, 5) is 28.2. The van der Waals surface area contributed by atoms with Crippen molar-refractivity contribution in [1.82, 2.24) is 15.3 Å². The smallest absolute Gasteiger partial charge is 0.323 e. The minimum absolute atomic E-state index is 0.0216. The third kappa shape index (κ3) is 3.71. The minimum atomic E-state index is -0.226. The number of rotatable bonds is 6. The summed E-state index contributed by atoms with van der Waals surface area (Å²) in [5, 5.41) is 2.90. The first kappa shape index (κ1) is 13.4. The second kappa shape index (κ2) is 6.22.